The van der Waals surface area contributed by atoms with Crippen LogP contribution >= 0.6 is 0 Å². The zero-order valence-electron chi connectivity index (χ0n) is 11.8. The number of rotatable bonds is 4. The number of morpholine rings is 1. The van der Waals surface area contributed by atoms with E-state index in [0.717, 1.165) is 5.32 Å². The van der Waals surface area contributed by atoms with Gasteiger partial charge in [-0.2, -0.15) is 48.3 Å². The van der Waals surface area contributed by atoms with E-state index in [0.29, 0.717) is 6.08 Å². The number of amides is 1. The van der Waals surface area contributed by atoms with Crippen molar-refractivity contribution in [2.24, 2.45) is 0 Å². The molecule has 152 valence electrons. The average Bonchev–Trinajstić information content (AvgIpc) is 2.40. The summed E-state index contributed by atoms with van der Waals surface area (Å²) in [6.07, 6.45) is -20.0. The Morgan fingerprint density at radius 1 is 0.962 bits per heavy atom. The van der Waals surface area contributed by atoms with E-state index in [4.69, 9.17) is 0 Å². The molecule has 26 heavy (non-hydrogen) atoms. The number of carbonyl (C=O) groups excluding carboxylic acids is 1. The second-order valence-corrected chi connectivity index (χ2v) is 4.67. The Bertz CT molecular complexity index is 563. The highest BCUT2D eigenvalue weighted by Crippen LogP contribution is 2.60. The Morgan fingerprint density at radius 3 is 1.65 bits per heavy atom. The third-order valence-electron chi connectivity index (χ3n) is 2.91. The number of hydrogen-bond donors (Lipinski definition) is 1. The molecule has 0 unspecified atom stereocenters. The van der Waals surface area contributed by atoms with Crippen LogP contribution in [0.15, 0.2) is 12.7 Å². The molecule has 0 aromatic heterocycles. The van der Waals surface area contributed by atoms with Crippen LogP contribution in [0.2, 0.25) is 0 Å². The Morgan fingerprint density at radius 2 is 1.35 bits per heavy atom. The molecule has 1 amide bonds. The molecule has 0 radical (unpaired) electrons. The van der Waals surface area contributed by atoms with Crippen molar-refractivity contribution < 1.29 is 62.2 Å². The van der Waals surface area contributed by atoms with E-state index < -0.39 is 53.6 Å². The van der Waals surface area contributed by atoms with Gasteiger partial charge < -0.3 is 5.32 Å². The van der Waals surface area contributed by atoms with Crippen molar-refractivity contribution in [3.8, 4) is 0 Å². The summed E-state index contributed by atoms with van der Waals surface area (Å²) in [5.74, 6) is -10.1. The molecule has 1 N–H and O–H groups in total. The zero-order valence-corrected chi connectivity index (χ0v) is 11.8. The van der Waals surface area contributed by atoms with Gasteiger partial charge in [-0.1, -0.05) is 6.08 Å². The van der Waals surface area contributed by atoms with Gasteiger partial charge in [0.25, 0.3) is 5.91 Å². The van der Waals surface area contributed by atoms with E-state index in [9.17, 15) is 57.5 Å². The van der Waals surface area contributed by atoms with Gasteiger partial charge in [-0.25, -0.2) is 9.13 Å². The number of nitrogens with one attached hydrogen (secondary N) is 1. The van der Waals surface area contributed by atoms with Crippen LogP contribution in [-0.4, -0.2) is 53.6 Å². The van der Waals surface area contributed by atoms with E-state index in [2.05, 4.69) is 6.58 Å². The van der Waals surface area contributed by atoms with Crippen LogP contribution < -0.4 is 5.32 Å². The molecule has 1 heterocycles. The second kappa shape index (κ2) is 5.90. The van der Waals surface area contributed by atoms with Crippen molar-refractivity contribution in [2.45, 2.75) is 36.3 Å². The molecule has 1 aliphatic rings. The van der Waals surface area contributed by atoms with Gasteiger partial charge in [-0.3, -0.25) is 4.79 Å². The minimum atomic E-state index is -7.09. The first kappa shape index (κ1) is 22.3. The summed E-state index contributed by atoms with van der Waals surface area (Å²) in [6, 6.07) is -14.1. The molecular weight excluding hydrogens is 408 g/mol. The van der Waals surface area contributed by atoms with Crippen LogP contribution in [-0.2, 0) is 9.53 Å². The first-order chi connectivity index (χ1) is 11.3. The van der Waals surface area contributed by atoms with Gasteiger partial charge in [-0.15, -0.1) is 11.5 Å². The molecule has 4 nitrogen and oxygen atoms in total. The fourth-order valence-corrected chi connectivity index (χ4v) is 1.75. The maximum absolute atomic E-state index is 14.3. The largest absolute Gasteiger partial charge is 0.446 e. The Hall–Kier alpha value is -1.71. The summed E-state index contributed by atoms with van der Waals surface area (Å²) in [5.41, 5.74) is 0. The SMILES string of the molecule is C=CCNC(=O)[C@@](F)(N1C(F)(F)C(F)(F)OC(F)(F)C1(F)F)C(F)(F)F. The number of ether oxygens (including phenoxy) is 1. The Kier molecular flexibility index (Phi) is 5.07. The summed E-state index contributed by atoms with van der Waals surface area (Å²) in [6.45, 7) is 1.66. The summed E-state index contributed by atoms with van der Waals surface area (Å²) < 4.78 is 161. The van der Waals surface area contributed by atoms with E-state index in [1.165, 1.54) is 0 Å². The zero-order chi connectivity index (χ0) is 21.0. The number of alkyl halides is 12. The number of nitrogens with zero attached hydrogens (tertiary/aromatic N) is 1. The van der Waals surface area contributed by atoms with Gasteiger partial charge >= 0.3 is 36.3 Å². The second-order valence-electron chi connectivity index (χ2n) is 4.67. The molecule has 16 heteroatoms. The smallest absolute Gasteiger partial charge is 0.348 e. The number of carbonyl (C=O) groups is 1. The molecule has 0 bridgehead atoms. The van der Waals surface area contributed by atoms with Crippen LogP contribution in [0.1, 0.15) is 0 Å². The summed E-state index contributed by atoms with van der Waals surface area (Å²) in [7, 11) is 0. The highest BCUT2D eigenvalue weighted by Gasteiger charge is 2.90. The van der Waals surface area contributed by atoms with E-state index in [1.807, 2.05) is 4.74 Å². The molecule has 1 saturated heterocycles. The van der Waals surface area contributed by atoms with E-state index >= 15 is 0 Å². The number of hydrogen-bond acceptors (Lipinski definition) is 3. The maximum Gasteiger partial charge on any atom is 0.446 e. The van der Waals surface area contributed by atoms with Crippen molar-refractivity contribution in [2.75, 3.05) is 6.54 Å². The molecule has 1 rings (SSSR count). The lowest BCUT2D eigenvalue weighted by Crippen LogP contribution is -2.82. The normalized spacial score (nSPS) is 26.6. The first-order valence-electron chi connectivity index (χ1n) is 5.97. The van der Waals surface area contributed by atoms with Crippen LogP contribution in [0.4, 0.5) is 52.7 Å². The molecule has 0 aromatic carbocycles. The van der Waals surface area contributed by atoms with Gasteiger partial charge in [0.15, 0.2) is 0 Å². The minimum absolute atomic E-state index is 0.521. The molecule has 1 atom stereocenters. The summed E-state index contributed by atoms with van der Waals surface area (Å²) in [4.78, 5) is 7.73. The standard InChI is InChI=1S/C10H6F12N2O2/c1-2-3-23-4(25)5(11,6(12,13)14)24-7(15,16)9(19,20)26-10(21,22)8(24,17)18/h2H,1,3H2,(H,23,25)/t5-/m1/s1. The van der Waals surface area contributed by atoms with Crippen molar-refractivity contribution >= 4 is 5.91 Å². The molecule has 0 saturated carbocycles. The van der Waals surface area contributed by atoms with Crippen LogP contribution in [0.25, 0.3) is 0 Å². The van der Waals surface area contributed by atoms with Crippen molar-refractivity contribution in [3.05, 3.63) is 12.7 Å². The molecule has 0 spiro atoms. The Balaban J connectivity index is 3.78. The monoisotopic (exact) mass is 414 g/mol. The van der Waals surface area contributed by atoms with Crippen molar-refractivity contribution in [3.63, 3.8) is 0 Å². The van der Waals surface area contributed by atoms with Gasteiger partial charge in [0.05, 0.1) is 0 Å². The molecular formula is C10H6F12N2O2. The quantitative estimate of drug-likeness (QED) is 0.437. The lowest BCUT2D eigenvalue weighted by atomic mass is 10.1. The van der Waals surface area contributed by atoms with Gasteiger partial charge in [0.2, 0.25) is 0 Å². The highest BCUT2D eigenvalue weighted by molar-refractivity contribution is 5.86. The number of halogens is 12. The van der Waals surface area contributed by atoms with Crippen molar-refractivity contribution in [1.29, 1.82) is 0 Å². The van der Waals surface area contributed by atoms with Crippen LogP contribution in [0, 0.1) is 0 Å². The third-order valence-corrected chi connectivity index (χ3v) is 2.91. The van der Waals surface area contributed by atoms with Gasteiger partial charge in [0.1, 0.15) is 0 Å². The van der Waals surface area contributed by atoms with Crippen molar-refractivity contribution in [1.82, 2.24) is 10.2 Å². The third kappa shape index (κ3) is 2.87. The molecule has 1 fully saturated rings. The van der Waals surface area contributed by atoms with Gasteiger partial charge in [-0.05, 0) is 0 Å². The predicted octanol–water partition coefficient (Wildman–Crippen LogP) is 3.22. The van der Waals surface area contributed by atoms with Gasteiger partial charge in [0, 0.05) is 6.54 Å². The summed E-state index contributed by atoms with van der Waals surface area (Å²) >= 11 is 0. The topological polar surface area (TPSA) is 41.6 Å². The minimum Gasteiger partial charge on any atom is -0.348 e. The highest BCUT2D eigenvalue weighted by atomic mass is 19.4. The lowest BCUT2D eigenvalue weighted by molar-refractivity contribution is -0.583. The average molecular weight is 414 g/mol. The lowest BCUT2D eigenvalue weighted by Gasteiger charge is -2.51. The predicted molar refractivity (Wildman–Crippen MR) is 55.8 cm³/mol. The Labute approximate surface area is 135 Å². The fourth-order valence-electron chi connectivity index (χ4n) is 1.75. The summed E-state index contributed by atoms with van der Waals surface area (Å²) in [5, 5.41) is 0.816. The van der Waals surface area contributed by atoms with E-state index in [1.54, 1.807) is 0 Å². The molecule has 0 aromatic rings. The molecule has 1 aliphatic heterocycles. The molecule has 0 aliphatic carbocycles. The van der Waals surface area contributed by atoms with Crippen LogP contribution in [0.3, 0.4) is 0 Å². The first-order valence-corrected chi connectivity index (χ1v) is 5.97. The maximum atomic E-state index is 14.3. The fraction of sp³-hybridized carbons (Fsp3) is 0.700. The van der Waals surface area contributed by atoms with E-state index in [-0.39, 0.29) is 0 Å². The van der Waals surface area contributed by atoms with Crippen LogP contribution in [0.5, 0.6) is 0 Å².